The Morgan fingerprint density at radius 1 is 0.931 bits per heavy atom. The molecule has 1 amide bonds. The largest absolute Gasteiger partial charge is 0.459 e. The highest BCUT2D eigenvalue weighted by Crippen LogP contribution is 2.16. The lowest BCUT2D eigenvalue weighted by Crippen LogP contribution is -2.14. The van der Waals surface area contributed by atoms with Gasteiger partial charge in [0.25, 0.3) is 5.91 Å². The van der Waals surface area contributed by atoms with Crippen LogP contribution in [0.3, 0.4) is 0 Å². The van der Waals surface area contributed by atoms with Gasteiger partial charge in [-0.2, -0.15) is 0 Å². The van der Waals surface area contributed by atoms with Gasteiger partial charge in [0, 0.05) is 11.3 Å². The van der Waals surface area contributed by atoms with E-state index in [-0.39, 0.29) is 29.6 Å². The lowest BCUT2D eigenvalue weighted by atomic mass is 10.0. The summed E-state index contributed by atoms with van der Waals surface area (Å²) >= 11 is 0. The third-order valence-corrected chi connectivity index (χ3v) is 4.36. The van der Waals surface area contributed by atoms with E-state index in [1.165, 1.54) is 18.4 Å². The Labute approximate surface area is 168 Å². The van der Waals surface area contributed by atoms with E-state index in [1.807, 2.05) is 12.1 Å². The minimum atomic E-state index is -0.610. The van der Waals surface area contributed by atoms with E-state index in [4.69, 9.17) is 9.15 Å². The van der Waals surface area contributed by atoms with Gasteiger partial charge in [-0.1, -0.05) is 38.1 Å². The zero-order valence-electron chi connectivity index (χ0n) is 16.2. The van der Waals surface area contributed by atoms with Crippen LogP contribution in [0.5, 0.6) is 0 Å². The van der Waals surface area contributed by atoms with Gasteiger partial charge in [0.1, 0.15) is 0 Å². The van der Waals surface area contributed by atoms with Crippen LogP contribution in [0.1, 0.15) is 56.6 Å². The maximum absolute atomic E-state index is 12.2. The van der Waals surface area contributed by atoms with E-state index in [9.17, 15) is 14.4 Å². The molecule has 0 radical (unpaired) electrons. The monoisotopic (exact) mass is 391 g/mol. The van der Waals surface area contributed by atoms with Crippen molar-refractivity contribution in [2.45, 2.75) is 19.8 Å². The number of carbonyl (C=O) groups is 3. The zero-order valence-corrected chi connectivity index (χ0v) is 16.2. The van der Waals surface area contributed by atoms with Crippen LogP contribution in [-0.4, -0.2) is 24.3 Å². The number of ether oxygens (including phenoxy) is 1. The number of esters is 1. The lowest BCUT2D eigenvalue weighted by Gasteiger charge is -2.08. The summed E-state index contributed by atoms with van der Waals surface area (Å²) in [7, 11) is 0. The molecule has 0 unspecified atom stereocenters. The molecule has 0 saturated heterocycles. The van der Waals surface area contributed by atoms with Gasteiger partial charge in [-0.15, -0.1) is 0 Å². The van der Waals surface area contributed by atoms with Gasteiger partial charge in [-0.25, -0.2) is 4.79 Å². The summed E-state index contributed by atoms with van der Waals surface area (Å²) in [5, 5.41) is 2.66. The maximum Gasteiger partial charge on any atom is 0.338 e. The Balaban J connectivity index is 1.53. The fourth-order valence-corrected chi connectivity index (χ4v) is 2.64. The van der Waals surface area contributed by atoms with Crippen molar-refractivity contribution in [2.75, 3.05) is 11.9 Å². The van der Waals surface area contributed by atoms with Crippen LogP contribution in [0.15, 0.2) is 71.3 Å². The number of rotatable bonds is 7. The number of amides is 1. The van der Waals surface area contributed by atoms with Crippen molar-refractivity contribution in [1.29, 1.82) is 0 Å². The third-order valence-electron chi connectivity index (χ3n) is 4.36. The van der Waals surface area contributed by atoms with E-state index in [1.54, 1.807) is 36.4 Å². The molecule has 0 saturated carbocycles. The second-order valence-corrected chi connectivity index (χ2v) is 6.78. The van der Waals surface area contributed by atoms with Crippen molar-refractivity contribution in [1.82, 2.24) is 0 Å². The van der Waals surface area contributed by atoms with Gasteiger partial charge in [-0.05, 0) is 47.9 Å². The van der Waals surface area contributed by atoms with Crippen LogP contribution in [0.2, 0.25) is 0 Å². The topological polar surface area (TPSA) is 85.6 Å². The Bertz CT molecular complexity index is 987. The summed E-state index contributed by atoms with van der Waals surface area (Å²) in [4.78, 5) is 36.3. The molecule has 0 bridgehead atoms. The first-order valence-electron chi connectivity index (χ1n) is 9.19. The van der Waals surface area contributed by atoms with E-state index in [2.05, 4.69) is 19.2 Å². The van der Waals surface area contributed by atoms with Crippen molar-refractivity contribution >= 4 is 23.3 Å². The first-order chi connectivity index (χ1) is 13.9. The van der Waals surface area contributed by atoms with E-state index < -0.39 is 5.97 Å². The molecule has 148 valence electrons. The molecule has 1 heterocycles. The van der Waals surface area contributed by atoms with Crippen LogP contribution in [0.25, 0.3) is 0 Å². The molecule has 0 aliphatic carbocycles. The summed E-state index contributed by atoms with van der Waals surface area (Å²) < 4.78 is 10.1. The molecule has 0 spiro atoms. The molecule has 3 rings (SSSR count). The van der Waals surface area contributed by atoms with Gasteiger partial charge >= 0.3 is 5.97 Å². The van der Waals surface area contributed by atoms with Gasteiger partial charge in [0.05, 0.1) is 11.8 Å². The number of carbonyl (C=O) groups excluding carboxylic acids is 3. The standard InChI is InChI=1S/C23H21NO5/c1-15(2)16-5-7-17(8-6-16)20(25)14-29-23(27)18-9-11-19(12-10-18)24-22(26)21-4-3-13-28-21/h3-13,15H,14H2,1-2H3,(H,24,26). The quantitative estimate of drug-likeness (QED) is 0.466. The summed E-state index contributed by atoms with van der Waals surface area (Å²) in [5.74, 6) is -0.700. The number of anilines is 1. The highest BCUT2D eigenvalue weighted by molar-refractivity contribution is 6.02. The van der Waals surface area contributed by atoms with Crippen molar-refractivity contribution in [2.24, 2.45) is 0 Å². The van der Waals surface area contributed by atoms with Gasteiger partial charge in [0.15, 0.2) is 18.2 Å². The molecule has 0 aliphatic rings. The highest BCUT2D eigenvalue weighted by Gasteiger charge is 2.13. The summed E-state index contributed by atoms with van der Waals surface area (Å²) in [5.41, 5.74) is 2.42. The lowest BCUT2D eigenvalue weighted by molar-refractivity contribution is 0.0475. The molecule has 2 aromatic carbocycles. The minimum Gasteiger partial charge on any atom is -0.459 e. The van der Waals surface area contributed by atoms with E-state index in [0.717, 1.165) is 5.56 Å². The molecular formula is C23H21NO5. The number of benzene rings is 2. The first-order valence-corrected chi connectivity index (χ1v) is 9.19. The number of hydrogen-bond donors (Lipinski definition) is 1. The minimum absolute atomic E-state index is 0.188. The first kappa shape index (κ1) is 20.1. The average molecular weight is 391 g/mol. The fraction of sp³-hybridized carbons (Fsp3) is 0.174. The molecule has 0 aliphatic heterocycles. The predicted molar refractivity (Wildman–Crippen MR) is 108 cm³/mol. The number of nitrogens with one attached hydrogen (secondary N) is 1. The van der Waals surface area contributed by atoms with Crippen LogP contribution in [-0.2, 0) is 4.74 Å². The van der Waals surface area contributed by atoms with Crippen LogP contribution in [0, 0.1) is 0 Å². The number of Topliss-reactive ketones (excluding diaryl/α,β-unsaturated/α-hetero) is 1. The summed E-state index contributed by atoms with van der Waals surface area (Å²) in [6, 6.07) is 16.6. The van der Waals surface area contributed by atoms with Gasteiger partial charge in [-0.3, -0.25) is 9.59 Å². The Kier molecular flexibility index (Phi) is 6.24. The normalized spacial score (nSPS) is 10.6. The second-order valence-electron chi connectivity index (χ2n) is 6.78. The molecule has 1 N–H and O–H groups in total. The second kappa shape index (κ2) is 9.01. The third kappa shape index (κ3) is 5.19. The average Bonchev–Trinajstić information content (AvgIpc) is 3.27. The maximum atomic E-state index is 12.2. The van der Waals surface area contributed by atoms with Crippen LogP contribution < -0.4 is 5.32 Å². The molecule has 0 fully saturated rings. The molecular weight excluding hydrogens is 370 g/mol. The molecule has 1 aromatic heterocycles. The number of ketones is 1. The van der Waals surface area contributed by atoms with Crippen LogP contribution in [0.4, 0.5) is 5.69 Å². The molecule has 6 heteroatoms. The van der Waals surface area contributed by atoms with E-state index in [0.29, 0.717) is 17.2 Å². The number of furan rings is 1. The van der Waals surface area contributed by atoms with Gasteiger partial charge in [0.2, 0.25) is 0 Å². The van der Waals surface area contributed by atoms with Crippen LogP contribution >= 0.6 is 0 Å². The predicted octanol–water partition coefficient (Wildman–Crippen LogP) is 4.70. The van der Waals surface area contributed by atoms with Crippen molar-refractivity contribution in [3.05, 3.63) is 89.4 Å². The SMILES string of the molecule is CC(C)c1ccc(C(=O)COC(=O)c2ccc(NC(=O)c3ccco3)cc2)cc1. The summed E-state index contributed by atoms with van der Waals surface area (Å²) in [6.07, 6.45) is 1.41. The van der Waals surface area contributed by atoms with Crippen molar-refractivity contribution in [3.8, 4) is 0 Å². The molecule has 3 aromatic rings. The Morgan fingerprint density at radius 2 is 1.59 bits per heavy atom. The Hall–Kier alpha value is -3.67. The molecule has 0 atom stereocenters. The molecule has 6 nitrogen and oxygen atoms in total. The van der Waals surface area contributed by atoms with Gasteiger partial charge < -0.3 is 14.5 Å². The number of hydrogen-bond acceptors (Lipinski definition) is 5. The zero-order chi connectivity index (χ0) is 20.8. The van der Waals surface area contributed by atoms with Crippen molar-refractivity contribution < 1.29 is 23.5 Å². The smallest absolute Gasteiger partial charge is 0.338 e. The van der Waals surface area contributed by atoms with E-state index >= 15 is 0 Å². The highest BCUT2D eigenvalue weighted by atomic mass is 16.5. The fourth-order valence-electron chi connectivity index (χ4n) is 2.64. The molecule has 29 heavy (non-hydrogen) atoms. The summed E-state index contributed by atoms with van der Waals surface area (Å²) in [6.45, 7) is 3.81. The Morgan fingerprint density at radius 3 is 2.17 bits per heavy atom. The van der Waals surface area contributed by atoms with Crippen molar-refractivity contribution in [3.63, 3.8) is 0 Å².